The number of rotatable bonds is 4. The molecule has 3 aromatic carbocycles. The van der Waals surface area contributed by atoms with Gasteiger partial charge in [0.2, 0.25) is 0 Å². The van der Waals surface area contributed by atoms with Gasteiger partial charge in [0.05, 0.1) is 12.7 Å². The van der Waals surface area contributed by atoms with Gasteiger partial charge < -0.3 is 14.0 Å². The summed E-state index contributed by atoms with van der Waals surface area (Å²) in [4.78, 5) is 0. The summed E-state index contributed by atoms with van der Waals surface area (Å²) >= 11 is 0. The summed E-state index contributed by atoms with van der Waals surface area (Å²) in [5, 5.41) is 2.48. The Balaban J connectivity index is 1.41. The maximum Gasteiger partial charge on any atom is 0.494 e. The first kappa shape index (κ1) is 15.2. The van der Waals surface area contributed by atoms with Gasteiger partial charge in [-0.1, -0.05) is 48.5 Å². The summed E-state index contributed by atoms with van der Waals surface area (Å²) in [7, 11) is -0.255. The lowest BCUT2D eigenvalue weighted by atomic mass is 9.79. The van der Waals surface area contributed by atoms with Gasteiger partial charge in [-0.25, -0.2) is 0 Å². The number of hydrogen-bond acceptors (Lipinski definition) is 3. The molecule has 0 aromatic heterocycles. The Hall–Kier alpha value is -2.30. The van der Waals surface area contributed by atoms with Crippen LogP contribution in [0.25, 0.3) is 10.8 Å². The van der Waals surface area contributed by atoms with Gasteiger partial charge in [-0.05, 0) is 46.9 Å². The zero-order valence-corrected chi connectivity index (χ0v) is 13.6. The number of hydrogen-bond donors (Lipinski definition) is 0. The molecule has 120 valence electrons. The summed E-state index contributed by atoms with van der Waals surface area (Å²) in [6, 6.07) is 22.7. The van der Waals surface area contributed by atoms with E-state index in [0.717, 1.165) is 16.8 Å². The van der Waals surface area contributed by atoms with Crippen LogP contribution < -0.4 is 10.2 Å². The maximum atomic E-state index is 5.90. The summed E-state index contributed by atoms with van der Waals surface area (Å²) in [6.07, 6.45) is 0.152. The fraction of sp³-hybridized carbons (Fsp3) is 0.200. The van der Waals surface area contributed by atoms with E-state index in [1.165, 1.54) is 10.8 Å². The number of benzene rings is 3. The highest BCUT2D eigenvalue weighted by Crippen LogP contribution is 2.18. The van der Waals surface area contributed by atoms with Gasteiger partial charge in [-0.2, -0.15) is 0 Å². The molecular formula is C20H19BO3. The van der Waals surface area contributed by atoms with E-state index in [1.54, 1.807) is 0 Å². The molecule has 0 radical (unpaired) electrons. The molecule has 3 aromatic rings. The van der Waals surface area contributed by atoms with Crippen molar-refractivity contribution in [2.75, 3.05) is 6.61 Å². The molecule has 3 nitrogen and oxygen atoms in total. The quantitative estimate of drug-likeness (QED) is 0.689. The fourth-order valence-electron chi connectivity index (χ4n) is 2.90. The molecule has 24 heavy (non-hydrogen) atoms. The second-order valence-corrected chi connectivity index (χ2v) is 6.15. The predicted octanol–water partition coefficient (Wildman–Crippen LogP) is 3.55. The van der Waals surface area contributed by atoms with E-state index in [0.29, 0.717) is 13.2 Å². The topological polar surface area (TPSA) is 27.7 Å². The van der Waals surface area contributed by atoms with Crippen LogP contribution in [0.3, 0.4) is 0 Å². The maximum absolute atomic E-state index is 5.90. The molecule has 1 aliphatic heterocycles. The Morgan fingerprint density at radius 1 is 1.00 bits per heavy atom. The van der Waals surface area contributed by atoms with Crippen LogP contribution in [-0.2, 0) is 15.9 Å². The van der Waals surface area contributed by atoms with E-state index in [-0.39, 0.29) is 13.2 Å². The van der Waals surface area contributed by atoms with Gasteiger partial charge >= 0.3 is 7.12 Å². The van der Waals surface area contributed by atoms with Crippen molar-refractivity contribution in [2.45, 2.75) is 19.6 Å². The summed E-state index contributed by atoms with van der Waals surface area (Å²) < 4.78 is 17.2. The van der Waals surface area contributed by atoms with Crippen LogP contribution in [0.2, 0.25) is 0 Å². The van der Waals surface area contributed by atoms with E-state index < -0.39 is 0 Å². The van der Waals surface area contributed by atoms with E-state index in [9.17, 15) is 0 Å². The Morgan fingerprint density at radius 3 is 2.54 bits per heavy atom. The summed E-state index contributed by atoms with van der Waals surface area (Å²) in [6.45, 7) is 3.21. The van der Waals surface area contributed by atoms with Crippen molar-refractivity contribution in [2.24, 2.45) is 0 Å². The second-order valence-electron chi connectivity index (χ2n) is 6.15. The molecule has 1 saturated heterocycles. The zero-order chi connectivity index (χ0) is 16.4. The van der Waals surface area contributed by atoms with Crippen LogP contribution in [0.15, 0.2) is 66.7 Å². The van der Waals surface area contributed by atoms with Gasteiger partial charge in [0.25, 0.3) is 0 Å². The molecule has 4 rings (SSSR count). The minimum Gasteiger partial charge on any atom is -0.489 e. The largest absolute Gasteiger partial charge is 0.494 e. The monoisotopic (exact) mass is 318 g/mol. The Bertz CT molecular complexity index is 832. The lowest BCUT2D eigenvalue weighted by Crippen LogP contribution is -2.31. The third-order valence-electron chi connectivity index (χ3n) is 4.21. The Morgan fingerprint density at radius 2 is 1.79 bits per heavy atom. The Labute approximate surface area is 142 Å². The van der Waals surface area contributed by atoms with Crippen molar-refractivity contribution in [3.05, 3.63) is 72.3 Å². The summed E-state index contributed by atoms with van der Waals surface area (Å²) in [5.74, 6) is 0.845. The van der Waals surface area contributed by atoms with Gasteiger partial charge in [0.1, 0.15) is 12.4 Å². The van der Waals surface area contributed by atoms with Crippen molar-refractivity contribution in [1.29, 1.82) is 0 Å². The molecule has 1 fully saturated rings. The van der Waals surface area contributed by atoms with Gasteiger partial charge in [0, 0.05) is 0 Å². The van der Waals surface area contributed by atoms with E-state index >= 15 is 0 Å². The second kappa shape index (κ2) is 6.67. The third-order valence-corrected chi connectivity index (χ3v) is 4.21. The highest BCUT2D eigenvalue weighted by Gasteiger charge is 2.30. The van der Waals surface area contributed by atoms with Gasteiger partial charge in [0.15, 0.2) is 0 Å². The van der Waals surface area contributed by atoms with Crippen LogP contribution in [0.5, 0.6) is 5.75 Å². The standard InChI is InChI=1S/C20H19BO3/c1-15-13-23-21(24-15)19-8-10-20(11-9-19)22-14-16-6-7-17-4-2-3-5-18(17)12-16/h2-12,15H,13-14H2,1H3. The molecule has 4 heteroatoms. The van der Waals surface area contributed by atoms with E-state index in [1.807, 2.05) is 31.2 Å². The van der Waals surface area contributed by atoms with Gasteiger partial charge in [-0.3, -0.25) is 0 Å². The van der Waals surface area contributed by atoms with Crippen LogP contribution in [-0.4, -0.2) is 19.8 Å². The minimum absolute atomic E-state index is 0.152. The first-order chi connectivity index (χ1) is 11.8. The van der Waals surface area contributed by atoms with Crippen LogP contribution in [0.1, 0.15) is 12.5 Å². The molecule has 0 aliphatic carbocycles. The fourth-order valence-corrected chi connectivity index (χ4v) is 2.90. The van der Waals surface area contributed by atoms with Crippen LogP contribution in [0.4, 0.5) is 0 Å². The normalized spacial score (nSPS) is 17.4. The molecular weight excluding hydrogens is 299 g/mol. The van der Waals surface area contributed by atoms with E-state index in [4.69, 9.17) is 14.0 Å². The summed E-state index contributed by atoms with van der Waals surface area (Å²) in [5.41, 5.74) is 2.19. The highest BCUT2D eigenvalue weighted by molar-refractivity contribution is 6.61. The molecule has 0 bridgehead atoms. The molecule has 0 spiro atoms. The average Bonchev–Trinajstić information content (AvgIpc) is 3.07. The molecule has 0 N–H and O–H groups in total. The molecule has 0 amide bonds. The van der Waals surface area contributed by atoms with E-state index in [2.05, 4.69) is 42.5 Å². The lowest BCUT2D eigenvalue weighted by molar-refractivity contribution is 0.258. The van der Waals surface area contributed by atoms with Crippen molar-refractivity contribution < 1.29 is 14.0 Å². The SMILES string of the molecule is CC1COB(c2ccc(OCc3ccc4ccccc4c3)cc2)O1. The first-order valence-electron chi connectivity index (χ1n) is 8.25. The van der Waals surface area contributed by atoms with Crippen molar-refractivity contribution >= 4 is 23.4 Å². The molecule has 1 heterocycles. The van der Waals surface area contributed by atoms with Crippen molar-refractivity contribution in [3.8, 4) is 5.75 Å². The number of ether oxygens (including phenoxy) is 1. The Kier molecular flexibility index (Phi) is 4.24. The minimum atomic E-state index is -0.255. The van der Waals surface area contributed by atoms with Gasteiger partial charge in [-0.15, -0.1) is 0 Å². The smallest absolute Gasteiger partial charge is 0.489 e. The third kappa shape index (κ3) is 3.30. The van der Waals surface area contributed by atoms with Crippen LogP contribution >= 0.6 is 0 Å². The molecule has 1 atom stereocenters. The number of fused-ring (bicyclic) bond motifs is 1. The molecule has 1 aliphatic rings. The zero-order valence-electron chi connectivity index (χ0n) is 13.6. The van der Waals surface area contributed by atoms with Crippen molar-refractivity contribution in [1.82, 2.24) is 0 Å². The highest BCUT2D eigenvalue weighted by atomic mass is 16.6. The lowest BCUT2D eigenvalue weighted by Gasteiger charge is -2.09. The molecule has 0 saturated carbocycles. The van der Waals surface area contributed by atoms with Crippen LogP contribution in [0, 0.1) is 0 Å². The van der Waals surface area contributed by atoms with Crippen molar-refractivity contribution in [3.63, 3.8) is 0 Å². The predicted molar refractivity (Wildman–Crippen MR) is 96.6 cm³/mol. The average molecular weight is 318 g/mol. The molecule has 1 unspecified atom stereocenters. The first-order valence-corrected chi connectivity index (χ1v) is 8.25.